The van der Waals surface area contributed by atoms with Gasteiger partial charge in [-0.05, 0) is 38.8 Å². The van der Waals surface area contributed by atoms with E-state index in [1.54, 1.807) is 24.3 Å². The van der Waals surface area contributed by atoms with Crippen LogP contribution in [0.2, 0.25) is 0 Å². The van der Waals surface area contributed by atoms with Crippen molar-refractivity contribution in [2.24, 2.45) is 0 Å². The first kappa shape index (κ1) is 15.2. The highest BCUT2D eigenvalue weighted by molar-refractivity contribution is 6.10. The van der Waals surface area contributed by atoms with Gasteiger partial charge in [0.15, 0.2) is 11.5 Å². The Hall–Kier alpha value is -2.68. The van der Waals surface area contributed by atoms with Gasteiger partial charge >= 0.3 is 0 Å². The molecule has 1 aromatic heterocycles. The lowest BCUT2D eigenvalue weighted by atomic mass is 9.96. The highest BCUT2D eigenvalue weighted by atomic mass is 16.4. The fraction of sp³-hybridized carbons (Fsp3) is 0.200. The molecule has 116 valence electrons. The fourth-order valence-electron chi connectivity index (χ4n) is 2.52. The van der Waals surface area contributed by atoms with Crippen LogP contribution in [0.3, 0.4) is 0 Å². The van der Waals surface area contributed by atoms with Gasteiger partial charge < -0.3 is 4.42 Å². The van der Waals surface area contributed by atoms with E-state index in [1.807, 2.05) is 38.1 Å². The van der Waals surface area contributed by atoms with Gasteiger partial charge in [0.05, 0.1) is 0 Å². The minimum Gasteiger partial charge on any atom is -0.449 e. The molecule has 1 aliphatic rings. The summed E-state index contributed by atoms with van der Waals surface area (Å²) in [6, 6.07) is 10.4. The highest BCUT2D eigenvalue weighted by Gasteiger charge is 2.20. The molecule has 1 heterocycles. The van der Waals surface area contributed by atoms with Gasteiger partial charge in [-0.1, -0.05) is 47.6 Å². The lowest BCUT2D eigenvalue weighted by Gasteiger charge is -2.09. The Labute approximate surface area is 135 Å². The molecule has 0 saturated heterocycles. The first-order valence-corrected chi connectivity index (χ1v) is 7.67. The lowest BCUT2D eigenvalue weighted by Crippen LogP contribution is -2.05. The second-order valence-corrected chi connectivity index (χ2v) is 5.89. The molecule has 3 rings (SSSR count). The van der Waals surface area contributed by atoms with Crippen molar-refractivity contribution in [3.63, 3.8) is 0 Å². The van der Waals surface area contributed by atoms with E-state index < -0.39 is 0 Å². The number of hydrogen-bond donors (Lipinski definition) is 0. The van der Waals surface area contributed by atoms with Crippen LogP contribution >= 0.6 is 0 Å². The normalized spacial score (nSPS) is 14.2. The van der Waals surface area contributed by atoms with Crippen molar-refractivity contribution < 1.29 is 14.0 Å². The van der Waals surface area contributed by atoms with Crippen molar-refractivity contribution in [3.05, 3.63) is 82.3 Å². The molecule has 3 heteroatoms. The summed E-state index contributed by atoms with van der Waals surface area (Å²) < 4.78 is 5.51. The highest BCUT2D eigenvalue weighted by Crippen LogP contribution is 2.23. The molecule has 0 spiro atoms. The zero-order chi connectivity index (χ0) is 16.4. The second kappa shape index (κ2) is 6.21. The smallest absolute Gasteiger partial charge is 0.228 e. The average Bonchev–Trinajstić information content (AvgIpc) is 3.05. The summed E-state index contributed by atoms with van der Waals surface area (Å²) in [5.74, 6) is 0.0640. The van der Waals surface area contributed by atoms with Crippen molar-refractivity contribution in [2.45, 2.75) is 26.7 Å². The monoisotopic (exact) mass is 306 g/mol. The van der Waals surface area contributed by atoms with Crippen LogP contribution in [0, 0.1) is 6.92 Å². The maximum absolute atomic E-state index is 12.4. The number of Topliss-reactive ketones (excluding diaryl/α,β-unsaturated/α-hetero) is 1. The van der Waals surface area contributed by atoms with E-state index in [2.05, 4.69) is 0 Å². The van der Waals surface area contributed by atoms with Crippen LogP contribution in [0.25, 0.3) is 0 Å². The molecule has 0 fully saturated rings. The van der Waals surface area contributed by atoms with Crippen LogP contribution < -0.4 is 0 Å². The summed E-state index contributed by atoms with van der Waals surface area (Å²) >= 11 is 0. The van der Waals surface area contributed by atoms with E-state index in [9.17, 15) is 9.59 Å². The van der Waals surface area contributed by atoms with Crippen LogP contribution in [-0.4, -0.2) is 11.6 Å². The fourth-order valence-corrected chi connectivity index (χ4v) is 2.52. The van der Waals surface area contributed by atoms with Crippen LogP contribution in [-0.2, 0) is 0 Å². The second-order valence-electron chi connectivity index (χ2n) is 5.89. The van der Waals surface area contributed by atoms with E-state index in [0.29, 0.717) is 12.0 Å². The molecular formula is C20H18O3. The number of carbonyl (C=O) groups excluding carboxylic acids is 2. The maximum atomic E-state index is 12.4. The molecule has 1 aliphatic carbocycles. The van der Waals surface area contributed by atoms with Crippen LogP contribution in [0.15, 0.2) is 64.1 Å². The SMILES string of the molecule is CC1=CC=C(C(=O)c2ccc(C(=O)c3ccc(C)cc3)o2)CC1. The first-order chi connectivity index (χ1) is 11.0. The Morgan fingerprint density at radius 3 is 2.09 bits per heavy atom. The Morgan fingerprint density at radius 2 is 1.48 bits per heavy atom. The largest absolute Gasteiger partial charge is 0.449 e. The van der Waals surface area contributed by atoms with Crippen molar-refractivity contribution >= 4 is 11.6 Å². The molecule has 3 nitrogen and oxygen atoms in total. The van der Waals surface area contributed by atoms with E-state index in [0.717, 1.165) is 17.6 Å². The van der Waals surface area contributed by atoms with Gasteiger partial charge in [-0.2, -0.15) is 0 Å². The summed E-state index contributed by atoms with van der Waals surface area (Å²) in [4.78, 5) is 24.8. The Balaban J connectivity index is 1.81. The number of aryl methyl sites for hydroxylation is 1. The van der Waals surface area contributed by atoms with Gasteiger partial charge in [0.2, 0.25) is 11.6 Å². The molecule has 0 aliphatic heterocycles. The van der Waals surface area contributed by atoms with Crippen molar-refractivity contribution in [1.82, 2.24) is 0 Å². The third-order valence-corrected chi connectivity index (χ3v) is 4.02. The zero-order valence-corrected chi connectivity index (χ0v) is 13.3. The number of benzene rings is 1. The number of rotatable bonds is 4. The Morgan fingerprint density at radius 1 is 0.826 bits per heavy atom. The summed E-state index contributed by atoms with van der Waals surface area (Å²) in [7, 11) is 0. The van der Waals surface area contributed by atoms with E-state index in [-0.39, 0.29) is 23.1 Å². The minimum atomic E-state index is -0.211. The number of carbonyl (C=O) groups is 2. The number of hydrogen-bond acceptors (Lipinski definition) is 3. The standard InChI is InChI=1S/C20H18O3/c1-13-3-7-15(8-4-13)19(21)17-11-12-18(23-17)20(22)16-9-5-14(2)6-10-16/h3-5,7-9,11-12H,6,10H2,1-2H3. The topological polar surface area (TPSA) is 47.3 Å². The van der Waals surface area contributed by atoms with Crippen molar-refractivity contribution in [2.75, 3.05) is 0 Å². The van der Waals surface area contributed by atoms with Gasteiger partial charge in [-0.3, -0.25) is 9.59 Å². The molecule has 0 unspecified atom stereocenters. The van der Waals surface area contributed by atoms with Crippen LogP contribution in [0.5, 0.6) is 0 Å². The van der Waals surface area contributed by atoms with Gasteiger partial charge in [-0.25, -0.2) is 0 Å². The average molecular weight is 306 g/mol. The maximum Gasteiger partial charge on any atom is 0.228 e. The van der Waals surface area contributed by atoms with Crippen molar-refractivity contribution in [1.29, 1.82) is 0 Å². The lowest BCUT2D eigenvalue weighted by molar-refractivity contribution is 0.0982. The molecule has 0 N–H and O–H groups in total. The van der Waals surface area contributed by atoms with E-state index >= 15 is 0 Å². The van der Waals surface area contributed by atoms with Crippen molar-refractivity contribution in [3.8, 4) is 0 Å². The molecule has 0 atom stereocenters. The van der Waals surface area contributed by atoms with Gasteiger partial charge in [0, 0.05) is 11.1 Å². The summed E-state index contributed by atoms with van der Waals surface area (Å²) in [5.41, 5.74) is 3.62. The molecule has 2 aromatic rings. The summed E-state index contributed by atoms with van der Waals surface area (Å²) in [6.45, 7) is 4.01. The van der Waals surface area contributed by atoms with E-state index in [4.69, 9.17) is 4.42 Å². The summed E-state index contributed by atoms with van der Waals surface area (Å²) in [5, 5.41) is 0. The van der Waals surface area contributed by atoms with Gasteiger partial charge in [0.1, 0.15) is 0 Å². The van der Waals surface area contributed by atoms with E-state index in [1.165, 1.54) is 5.57 Å². The molecular weight excluding hydrogens is 288 g/mol. The molecule has 0 amide bonds. The molecule has 1 aromatic carbocycles. The van der Waals surface area contributed by atoms with Crippen LogP contribution in [0.1, 0.15) is 52.0 Å². The third kappa shape index (κ3) is 3.24. The Bertz CT molecular complexity index is 817. The number of ketones is 2. The minimum absolute atomic E-state index is 0.142. The van der Waals surface area contributed by atoms with Gasteiger partial charge in [0.25, 0.3) is 0 Å². The van der Waals surface area contributed by atoms with Gasteiger partial charge in [-0.15, -0.1) is 0 Å². The number of furan rings is 1. The molecule has 0 bridgehead atoms. The predicted molar refractivity (Wildman–Crippen MR) is 88.7 cm³/mol. The quantitative estimate of drug-likeness (QED) is 0.771. The first-order valence-electron chi connectivity index (χ1n) is 7.67. The Kier molecular flexibility index (Phi) is 4.11. The molecule has 0 radical (unpaired) electrons. The predicted octanol–water partition coefficient (Wildman–Crippen LogP) is 4.67. The summed E-state index contributed by atoms with van der Waals surface area (Å²) in [6.07, 6.45) is 5.39. The number of allylic oxidation sites excluding steroid dienone is 4. The molecule has 23 heavy (non-hydrogen) atoms. The zero-order valence-electron chi connectivity index (χ0n) is 13.3. The third-order valence-electron chi connectivity index (χ3n) is 4.02. The van der Waals surface area contributed by atoms with Crippen LogP contribution in [0.4, 0.5) is 0 Å². The molecule has 0 saturated carbocycles.